The summed E-state index contributed by atoms with van der Waals surface area (Å²) in [7, 11) is 0. The van der Waals surface area contributed by atoms with Crippen molar-refractivity contribution in [1.29, 1.82) is 0 Å². The molecule has 2 fully saturated rings. The molecule has 1 aromatic carbocycles. The molecule has 0 bridgehead atoms. The molecule has 0 saturated carbocycles. The van der Waals surface area contributed by atoms with Crippen LogP contribution in [0, 0.1) is 0 Å². The highest BCUT2D eigenvalue weighted by Gasteiger charge is 2.30. The average Bonchev–Trinajstić information content (AvgIpc) is 3.27. The lowest BCUT2D eigenvalue weighted by molar-refractivity contribution is -0.136. The molecule has 2 aliphatic rings. The Bertz CT molecular complexity index is 931. The van der Waals surface area contributed by atoms with Gasteiger partial charge < -0.3 is 19.5 Å². The van der Waals surface area contributed by atoms with E-state index in [1.165, 1.54) is 19.1 Å². The predicted molar refractivity (Wildman–Crippen MR) is 128 cm³/mol. The second kappa shape index (κ2) is 11.8. The summed E-state index contributed by atoms with van der Waals surface area (Å²) in [6, 6.07) is 12.2. The number of benzene rings is 1. The number of carbonyl (C=O) groups is 3. The molecule has 0 aliphatic carbocycles. The van der Waals surface area contributed by atoms with Gasteiger partial charge in [-0.05, 0) is 30.5 Å². The van der Waals surface area contributed by atoms with Crippen LogP contribution in [0.15, 0.2) is 53.1 Å². The number of nitrogens with one attached hydrogen (secondary N) is 1. The maximum Gasteiger partial charge on any atom is 0.287 e. The summed E-state index contributed by atoms with van der Waals surface area (Å²) in [6.07, 6.45) is 6.41. The molecule has 1 atom stereocenters. The van der Waals surface area contributed by atoms with Gasteiger partial charge in [0.05, 0.1) is 12.8 Å². The zero-order chi connectivity index (χ0) is 23.8. The van der Waals surface area contributed by atoms with E-state index in [1.54, 1.807) is 17.0 Å². The van der Waals surface area contributed by atoms with Gasteiger partial charge in [-0.15, -0.1) is 0 Å². The van der Waals surface area contributed by atoms with Crippen LogP contribution in [0.4, 0.5) is 0 Å². The number of piperazine rings is 1. The van der Waals surface area contributed by atoms with Crippen molar-refractivity contribution in [2.24, 2.45) is 0 Å². The minimum atomic E-state index is -0.690. The molecular formula is C26H34N4O4. The molecule has 3 heterocycles. The topological polar surface area (TPSA) is 86.1 Å². The molecule has 0 spiro atoms. The van der Waals surface area contributed by atoms with E-state index in [2.05, 4.69) is 10.2 Å². The highest BCUT2D eigenvalue weighted by molar-refractivity contribution is 5.95. The van der Waals surface area contributed by atoms with Crippen LogP contribution < -0.4 is 5.32 Å². The van der Waals surface area contributed by atoms with Gasteiger partial charge in [-0.2, -0.15) is 0 Å². The molecule has 8 nitrogen and oxygen atoms in total. The van der Waals surface area contributed by atoms with E-state index < -0.39 is 11.9 Å². The van der Waals surface area contributed by atoms with E-state index in [1.807, 2.05) is 35.2 Å². The predicted octanol–water partition coefficient (Wildman–Crippen LogP) is 2.17. The number of hydrogen-bond acceptors (Lipinski definition) is 5. The van der Waals surface area contributed by atoms with E-state index in [0.29, 0.717) is 39.1 Å². The Hall–Kier alpha value is -3.13. The van der Waals surface area contributed by atoms with Crippen LogP contribution in [0.2, 0.25) is 0 Å². The molecule has 182 valence electrons. The smallest absolute Gasteiger partial charge is 0.287 e. The summed E-state index contributed by atoms with van der Waals surface area (Å²) < 4.78 is 5.20. The van der Waals surface area contributed by atoms with Crippen LogP contribution in [0.3, 0.4) is 0 Å². The van der Waals surface area contributed by atoms with Crippen LogP contribution in [-0.2, 0) is 16.0 Å². The fourth-order valence-corrected chi connectivity index (χ4v) is 4.65. The zero-order valence-electron chi connectivity index (χ0n) is 19.7. The normalized spacial score (nSPS) is 18.2. The third kappa shape index (κ3) is 6.47. The van der Waals surface area contributed by atoms with Crippen molar-refractivity contribution in [3.05, 3.63) is 60.1 Å². The first-order valence-electron chi connectivity index (χ1n) is 12.3. The van der Waals surface area contributed by atoms with Crippen molar-refractivity contribution in [2.75, 3.05) is 45.8 Å². The third-order valence-corrected chi connectivity index (χ3v) is 6.63. The Kier molecular flexibility index (Phi) is 8.36. The minimum Gasteiger partial charge on any atom is -0.459 e. The lowest BCUT2D eigenvalue weighted by atomic mass is 10.0. The first-order valence-corrected chi connectivity index (χ1v) is 12.3. The number of hydrogen-bond donors (Lipinski definition) is 1. The van der Waals surface area contributed by atoms with E-state index in [9.17, 15) is 14.4 Å². The Morgan fingerprint density at radius 2 is 1.53 bits per heavy atom. The van der Waals surface area contributed by atoms with Crippen molar-refractivity contribution in [3.8, 4) is 0 Å². The van der Waals surface area contributed by atoms with Crippen LogP contribution in [0.5, 0.6) is 0 Å². The van der Waals surface area contributed by atoms with Gasteiger partial charge in [-0.3, -0.25) is 19.3 Å². The molecule has 1 unspecified atom stereocenters. The number of furan rings is 1. The first-order chi connectivity index (χ1) is 16.6. The lowest BCUT2D eigenvalue weighted by Crippen LogP contribution is -2.56. The van der Waals surface area contributed by atoms with Gasteiger partial charge in [0.25, 0.3) is 5.91 Å². The number of amides is 3. The SMILES string of the molecule is O=C(NC(Cc1ccccc1)C(=O)N1CCN(CC(=O)N2CCCCCC2)CC1)c1ccco1. The highest BCUT2D eigenvalue weighted by atomic mass is 16.3. The van der Waals surface area contributed by atoms with Gasteiger partial charge in [-0.25, -0.2) is 0 Å². The Balaban J connectivity index is 1.34. The zero-order valence-corrected chi connectivity index (χ0v) is 19.7. The number of carbonyl (C=O) groups excluding carboxylic acids is 3. The summed E-state index contributed by atoms with van der Waals surface area (Å²) >= 11 is 0. The standard InChI is InChI=1S/C26H34N4O4/c31-24(29-12-6-1-2-7-13-29)20-28-14-16-30(17-15-28)26(33)22(19-21-9-4-3-5-10-21)27-25(32)23-11-8-18-34-23/h3-5,8-11,18,22H,1-2,6-7,12-17,19-20H2,(H,27,32). The van der Waals surface area contributed by atoms with E-state index in [-0.39, 0.29) is 17.6 Å². The quantitative estimate of drug-likeness (QED) is 0.676. The lowest BCUT2D eigenvalue weighted by Gasteiger charge is -2.37. The summed E-state index contributed by atoms with van der Waals surface area (Å²) in [5, 5.41) is 2.86. The summed E-state index contributed by atoms with van der Waals surface area (Å²) in [5.74, 6) is -0.139. The van der Waals surface area contributed by atoms with Gasteiger partial charge in [-0.1, -0.05) is 43.2 Å². The van der Waals surface area contributed by atoms with Gasteiger partial charge in [0, 0.05) is 45.7 Å². The molecule has 2 saturated heterocycles. The first kappa shape index (κ1) is 24.0. The Morgan fingerprint density at radius 3 is 2.18 bits per heavy atom. The second-order valence-corrected chi connectivity index (χ2v) is 9.09. The largest absolute Gasteiger partial charge is 0.459 e. The van der Waals surface area contributed by atoms with Crippen molar-refractivity contribution in [2.45, 2.75) is 38.1 Å². The summed E-state index contributed by atoms with van der Waals surface area (Å²) in [6.45, 7) is 4.49. The van der Waals surface area contributed by atoms with E-state index >= 15 is 0 Å². The molecule has 0 radical (unpaired) electrons. The van der Waals surface area contributed by atoms with Crippen LogP contribution >= 0.6 is 0 Å². The van der Waals surface area contributed by atoms with Crippen molar-refractivity contribution in [3.63, 3.8) is 0 Å². The van der Waals surface area contributed by atoms with Gasteiger partial charge in [0.2, 0.25) is 11.8 Å². The van der Waals surface area contributed by atoms with Crippen LogP contribution in [-0.4, -0.2) is 84.3 Å². The van der Waals surface area contributed by atoms with Crippen molar-refractivity contribution < 1.29 is 18.8 Å². The Morgan fingerprint density at radius 1 is 0.824 bits per heavy atom. The summed E-state index contributed by atoms with van der Waals surface area (Å²) in [5.41, 5.74) is 0.974. The molecule has 1 aromatic heterocycles. The molecule has 34 heavy (non-hydrogen) atoms. The monoisotopic (exact) mass is 466 g/mol. The molecule has 2 aliphatic heterocycles. The third-order valence-electron chi connectivity index (χ3n) is 6.63. The van der Waals surface area contributed by atoms with E-state index in [0.717, 1.165) is 31.5 Å². The van der Waals surface area contributed by atoms with E-state index in [4.69, 9.17) is 4.42 Å². The van der Waals surface area contributed by atoms with Crippen LogP contribution in [0.25, 0.3) is 0 Å². The number of nitrogens with zero attached hydrogens (tertiary/aromatic N) is 3. The molecule has 2 aromatic rings. The fourth-order valence-electron chi connectivity index (χ4n) is 4.65. The highest BCUT2D eigenvalue weighted by Crippen LogP contribution is 2.13. The van der Waals surface area contributed by atoms with Gasteiger partial charge in [0.1, 0.15) is 6.04 Å². The maximum absolute atomic E-state index is 13.4. The van der Waals surface area contributed by atoms with Crippen molar-refractivity contribution >= 4 is 17.7 Å². The van der Waals surface area contributed by atoms with Gasteiger partial charge >= 0.3 is 0 Å². The molecule has 1 N–H and O–H groups in total. The summed E-state index contributed by atoms with van der Waals surface area (Å²) in [4.78, 5) is 44.7. The number of likely N-dealkylation sites (tertiary alicyclic amines) is 1. The minimum absolute atomic E-state index is 0.109. The molecule has 8 heteroatoms. The van der Waals surface area contributed by atoms with Crippen molar-refractivity contribution in [1.82, 2.24) is 20.0 Å². The number of rotatable bonds is 7. The molecule has 4 rings (SSSR count). The fraction of sp³-hybridized carbons (Fsp3) is 0.500. The Labute approximate surface area is 200 Å². The maximum atomic E-state index is 13.4. The van der Waals surface area contributed by atoms with Crippen LogP contribution in [0.1, 0.15) is 41.8 Å². The van der Waals surface area contributed by atoms with Gasteiger partial charge in [0.15, 0.2) is 5.76 Å². The molecular weight excluding hydrogens is 432 g/mol. The molecule has 3 amide bonds. The second-order valence-electron chi connectivity index (χ2n) is 9.09. The average molecular weight is 467 g/mol.